The van der Waals surface area contributed by atoms with Crippen LogP contribution >= 0.6 is 0 Å². The van der Waals surface area contributed by atoms with Crippen molar-refractivity contribution in [3.8, 4) is 0 Å². The predicted octanol–water partition coefficient (Wildman–Crippen LogP) is 3.84. The molecule has 0 heterocycles. The van der Waals surface area contributed by atoms with Gasteiger partial charge in [-0.15, -0.1) is 0 Å². The number of halogens is 6. The van der Waals surface area contributed by atoms with Crippen LogP contribution in [0, 0.1) is 11.6 Å². The normalized spacial score (nSPS) is 11.4. The number of hydrogen-bond acceptors (Lipinski definition) is 0. The Morgan fingerprint density at radius 3 is 1.86 bits per heavy atom. The van der Waals surface area contributed by atoms with Gasteiger partial charge in [-0.3, -0.25) is 0 Å². The van der Waals surface area contributed by atoms with Gasteiger partial charge >= 0.3 is 0 Å². The summed E-state index contributed by atoms with van der Waals surface area (Å²) in [5.41, 5.74) is -2.83. The van der Waals surface area contributed by atoms with Gasteiger partial charge in [0.25, 0.3) is 12.9 Å². The smallest absolute Gasteiger partial charge is 0.206 e. The van der Waals surface area contributed by atoms with E-state index in [-0.39, 0.29) is 0 Å². The van der Waals surface area contributed by atoms with E-state index in [0.717, 1.165) is 0 Å². The van der Waals surface area contributed by atoms with Crippen LogP contribution in [0.2, 0.25) is 0 Å². The molecule has 0 aromatic heterocycles. The Labute approximate surface area is 75.2 Å². The molecule has 0 aliphatic carbocycles. The zero-order chi connectivity index (χ0) is 10.9. The van der Waals surface area contributed by atoms with Crippen LogP contribution in [0.1, 0.15) is 24.0 Å². The van der Waals surface area contributed by atoms with Crippen molar-refractivity contribution in [2.45, 2.75) is 12.9 Å². The van der Waals surface area contributed by atoms with Crippen LogP contribution in [0.4, 0.5) is 26.3 Å². The molecule has 0 nitrogen and oxygen atoms in total. The topological polar surface area (TPSA) is 0 Å². The van der Waals surface area contributed by atoms with E-state index in [0.29, 0.717) is 12.1 Å². The average Bonchev–Trinajstić information content (AvgIpc) is 2.02. The van der Waals surface area contributed by atoms with E-state index < -0.39 is 35.6 Å². The summed E-state index contributed by atoms with van der Waals surface area (Å²) in [6, 6.07) is 0.841. The fourth-order valence-corrected chi connectivity index (χ4v) is 0.955. The van der Waals surface area contributed by atoms with Crippen molar-refractivity contribution < 1.29 is 26.3 Å². The van der Waals surface area contributed by atoms with Gasteiger partial charge in [0, 0.05) is 0 Å². The van der Waals surface area contributed by atoms with E-state index in [4.69, 9.17) is 0 Å². The highest BCUT2D eigenvalue weighted by Gasteiger charge is 2.24. The van der Waals surface area contributed by atoms with Gasteiger partial charge in [0.05, 0.1) is 11.1 Å². The van der Waals surface area contributed by atoms with Crippen molar-refractivity contribution in [1.29, 1.82) is 0 Å². The SMILES string of the molecule is Fc1ccc(C(F)F)c(F)c1C(F)F. The average molecular weight is 214 g/mol. The summed E-state index contributed by atoms with van der Waals surface area (Å²) < 4.78 is 73.4. The minimum Gasteiger partial charge on any atom is -0.206 e. The van der Waals surface area contributed by atoms with Gasteiger partial charge in [-0.1, -0.05) is 0 Å². The second-order valence-electron chi connectivity index (χ2n) is 2.47. The van der Waals surface area contributed by atoms with Gasteiger partial charge in [-0.2, -0.15) is 0 Å². The fourth-order valence-electron chi connectivity index (χ4n) is 0.955. The molecule has 0 spiro atoms. The molecule has 1 aromatic rings. The van der Waals surface area contributed by atoms with E-state index in [1.54, 1.807) is 0 Å². The lowest BCUT2D eigenvalue weighted by atomic mass is 10.1. The molecule has 78 valence electrons. The summed E-state index contributed by atoms with van der Waals surface area (Å²) in [5.74, 6) is -3.41. The van der Waals surface area contributed by atoms with Crippen LogP contribution < -0.4 is 0 Å². The lowest BCUT2D eigenvalue weighted by Crippen LogP contribution is -2.01. The molecule has 0 bridgehead atoms. The molecule has 0 saturated carbocycles. The van der Waals surface area contributed by atoms with E-state index in [9.17, 15) is 26.3 Å². The van der Waals surface area contributed by atoms with Crippen molar-refractivity contribution >= 4 is 0 Å². The van der Waals surface area contributed by atoms with Crippen LogP contribution in [0.5, 0.6) is 0 Å². The molecule has 1 rings (SSSR count). The molecule has 1 aromatic carbocycles. The van der Waals surface area contributed by atoms with Gasteiger partial charge in [0.15, 0.2) is 0 Å². The molecule has 0 radical (unpaired) electrons. The summed E-state index contributed by atoms with van der Waals surface area (Å²) in [5, 5.41) is 0. The third-order valence-electron chi connectivity index (χ3n) is 1.61. The van der Waals surface area contributed by atoms with E-state index >= 15 is 0 Å². The van der Waals surface area contributed by atoms with Crippen molar-refractivity contribution in [2.75, 3.05) is 0 Å². The summed E-state index contributed by atoms with van der Waals surface area (Å²) in [6.07, 6.45) is -6.69. The Bertz CT molecular complexity index is 333. The molecule has 6 heteroatoms. The van der Waals surface area contributed by atoms with E-state index in [1.165, 1.54) is 0 Å². The Morgan fingerprint density at radius 1 is 0.857 bits per heavy atom. The lowest BCUT2D eigenvalue weighted by Gasteiger charge is -2.07. The highest BCUT2D eigenvalue weighted by atomic mass is 19.3. The Hall–Kier alpha value is -1.20. The van der Waals surface area contributed by atoms with Crippen LogP contribution in [-0.2, 0) is 0 Å². The molecule has 0 amide bonds. The first-order chi connectivity index (χ1) is 6.45. The number of hydrogen-bond donors (Lipinski definition) is 0. The maximum atomic E-state index is 12.8. The fraction of sp³-hybridized carbons (Fsp3) is 0.250. The highest BCUT2D eigenvalue weighted by molar-refractivity contribution is 5.29. The second kappa shape index (κ2) is 3.89. The molecule has 14 heavy (non-hydrogen) atoms. The molecule has 0 saturated heterocycles. The largest absolute Gasteiger partial charge is 0.269 e. The standard InChI is InChI=1S/C8H4F6/c9-4-2-1-3(7(11)12)6(10)5(4)8(13)14/h1-2,7-8H. The zero-order valence-electron chi connectivity index (χ0n) is 6.58. The molecular formula is C8H4F6. The van der Waals surface area contributed by atoms with Crippen LogP contribution in [0.15, 0.2) is 12.1 Å². The Balaban J connectivity index is 3.34. The quantitative estimate of drug-likeness (QED) is 0.656. The Kier molecular flexibility index (Phi) is 3.03. The van der Waals surface area contributed by atoms with Crippen LogP contribution in [-0.4, -0.2) is 0 Å². The van der Waals surface area contributed by atoms with Gasteiger partial charge in [-0.25, -0.2) is 26.3 Å². The number of rotatable bonds is 2. The van der Waals surface area contributed by atoms with Gasteiger partial charge in [-0.05, 0) is 12.1 Å². The summed E-state index contributed by atoms with van der Waals surface area (Å²) in [6.45, 7) is 0. The second-order valence-corrected chi connectivity index (χ2v) is 2.47. The van der Waals surface area contributed by atoms with Crippen molar-refractivity contribution in [1.82, 2.24) is 0 Å². The first-order valence-corrected chi connectivity index (χ1v) is 3.49. The monoisotopic (exact) mass is 214 g/mol. The predicted molar refractivity (Wildman–Crippen MR) is 36.3 cm³/mol. The minimum atomic E-state index is -3.45. The summed E-state index contributed by atoms with van der Waals surface area (Å²) in [7, 11) is 0. The van der Waals surface area contributed by atoms with E-state index in [1.807, 2.05) is 0 Å². The first-order valence-electron chi connectivity index (χ1n) is 3.49. The molecule has 0 atom stereocenters. The van der Waals surface area contributed by atoms with Gasteiger partial charge in [0.1, 0.15) is 11.6 Å². The molecule has 0 fully saturated rings. The molecule has 0 aliphatic rings. The lowest BCUT2D eigenvalue weighted by molar-refractivity contribution is 0.130. The Morgan fingerprint density at radius 2 is 1.43 bits per heavy atom. The van der Waals surface area contributed by atoms with Gasteiger partial charge < -0.3 is 0 Å². The van der Waals surface area contributed by atoms with Crippen molar-refractivity contribution in [3.63, 3.8) is 0 Å². The maximum absolute atomic E-state index is 12.8. The highest BCUT2D eigenvalue weighted by Crippen LogP contribution is 2.31. The van der Waals surface area contributed by atoms with Gasteiger partial charge in [0.2, 0.25) is 0 Å². The molecular weight excluding hydrogens is 210 g/mol. The summed E-state index contributed by atoms with van der Waals surface area (Å²) >= 11 is 0. The summed E-state index contributed by atoms with van der Waals surface area (Å²) in [4.78, 5) is 0. The number of alkyl halides is 4. The van der Waals surface area contributed by atoms with E-state index in [2.05, 4.69) is 0 Å². The zero-order valence-corrected chi connectivity index (χ0v) is 6.58. The minimum absolute atomic E-state index is 0.395. The van der Waals surface area contributed by atoms with Crippen molar-refractivity contribution in [2.24, 2.45) is 0 Å². The first kappa shape index (κ1) is 10.9. The maximum Gasteiger partial charge on any atom is 0.269 e. The number of benzene rings is 1. The van der Waals surface area contributed by atoms with Crippen molar-refractivity contribution in [3.05, 3.63) is 34.9 Å². The van der Waals surface area contributed by atoms with Crippen LogP contribution in [0.3, 0.4) is 0 Å². The molecule has 0 N–H and O–H groups in total. The third kappa shape index (κ3) is 1.83. The third-order valence-corrected chi connectivity index (χ3v) is 1.61. The molecule has 0 unspecified atom stereocenters. The van der Waals surface area contributed by atoms with Crippen LogP contribution in [0.25, 0.3) is 0 Å². The molecule has 0 aliphatic heterocycles.